The van der Waals surface area contributed by atoms with Crippen molar-refractivity contribution in [3.8, 4) is 11.3 Å². The number of hydrogen-bond donors (Lipinski definition) is 1. The van der Waals surface area contributed by atoms with Crippen molar-refractivity contribution in [1.29, 1.82) is 0 Å². The van der Waals surface area contributed by atoms with Gasteiger partial charge in [-0.1, -0.05) is 6.07 Å². The van der Waals surface area contributed by atoms with E-state index in [0.717, 1.165) is 12.1 Å². The van der Waals surface area contributed by atoms with E-state index in [2.05, 4.69) is 15.3 Å². The van der Waals surface area contributed by atoms with Gasteiger partial charge in [0, 0.05) is 36.6 Å². The molecule has 0 bridgehead atoms. The van der Waals surface area contributed by atoms with E-state index in [4.69, 9.17) is 9.15 Å². The quantitative estimate of drug-likeness (QED) is 0.664. The predicted octanol–water partition coefficient (Wildman–Crippen LogP) is 3.57. The number of carbonyl (C=O) groups excluding carboxylic acids is 1. The first kappa shape index (κ1) is 16.7. The average Bonchev–Trinajstić information content (AvgIpc) is 3.17. The van der Waals surface area contributed by atoms with Crippen LogP contribution in [-0.4, -0.2) is 29.1 Å². The molecule has 0 saturated heterocycles. The molecule has 0 spiro atoms. The molecule has 0 aromatic carbocycles. The van der Waals surface area contributed by atoms with Gasteiger partial charge in [-0.05, 0) is 37.3 Å². The summed E-state index contributed by atoms with van der Waals surface area (Å²) in [5.74, 6) is 0.843. The van der Waals surface area contributed by atoms with Crippen LogP contribution in [0.1, 0.15) is 23.0 Å². The first-order valence-electron chi connectivity index (χ1n) is 8.12. The molecule has 3 aromatic rings. The second kappa shape index (κ2) is 8.10. The lowest BCUT2D eigenvalue weighted by atomic mass is 10.1. The van der Waals surface area contributed by atoms with Crippen molar-refractivity contribution in [2.45, 2.75) is 13.3 Å². The summed E-state index contributed by atoms with van der Waals surface area (Å²) in [5, 5.41) is 3.25. The zero-order valence-corrected chi connectivity index (χ0v) is 13.9. The second-order valence-electron chi connectivity index (χ2n) is 5.31. The fraction of sp³-hybridized carbons (Fsp3) is 0.211. The standard InChI is InChI=1S/C19H19N3O3/c1-2-24-19(23)16-13-22-18(12-15(16)17-7-5-11-25-17)21-10-8-14-6-3-4-9-20-14/h3-7,9,11-13H,2,8,10H2,1H3,(H,21,22). The molecule has 1 N–H and O–H groups in total. The molecule has 3 rings (SSSR count). The van der Waals surface area contributed by atoms with Crippen molar-refractivity contribution in [3.05, 3.63) is 66.3 Å². The van der Waals surface area contributed by atoms with E-state index < -0.39 is 5.97 Å². The summed E-state index contributed by atoms with van der Waals surface area (Å²) < 4.78 is 10.5. The SMILES string of the molecule is CCOC(=O)c1cnc(NCCc2ccccn2)cc1-c1ccco1. The summed E-state index contributed by atoms with van der Waals surface area (Å²) in [6.45, 7) is 2.76. The van der Waals surface area contributed by atoms with Gasteiger partial charge in [0.25, 0.3) is 0 Å². The maximum absolute atomic E-state index is 12.1. The molecule has 0 atom stereocenters. The Balaban J connectivity index is 1.77. The normalized spacial score (nSPS) is 10.4. The van der Waals surface area contributed by atoms with Crippen LogP contribution in [-0.2, 0) is 11.2 Å². The van der Waals surface area contributed by atoms with Crippen LogP contribution in [0, 0.1) is 0 Å². The van der Waals surface area contributed by atoms with Crippen molar-refractivity contribution in [3.63, 3.8) is 0 Å². The minimum atomic E-state index is -0.415. The highest BCUT2D eigenvalue weighted by molar-refractivity contribution is 5.96. The van der Waals surface area contributed by atoms with Crippen LogP contribution >= 0.6 is 0 Å². The van der Waals surface area contributed by atoms with E-state index in [-0.39, 0.29) is 0 Å². The van der Waals surface area contributed by atoms with Crippen LogP contribution in [0.2, 0.25) is 0 Å². The number of hydrogen-bond acceptors (Lipinski definition) is 6. The predicted molar refractivity (Wildman–Crippen MR) is 94.3 cm³/mol. The van der Waals surface area contributed by atoms with Gasteiger partial charge in [-0.3, -0.25) is 4.98 Å². The van der Waals surface area contributed by atoms with Crippen LogP contribution in [0.3, 0.4) is 0 Å². The zero-order valence-electron chi connectivity index (χ0n) is 13.9. The minimum Gasteiger partial charge on any atom is -0.464 e. The van der Waals surface area contributed by atoms with Gasteiger partial charge in [-0.2, -0.15) is 0 Å². The number of nitrogens with zero attached hydrogens (tertiary/aromatic N) is 2. The monoisotopic (exact) mass is 337 g/mol. The van der Waals surface area contributed by atoms with Crippen molar-refractivity contribution in [1.82, 2.24) is 9.97 Å². The smallest absolute Gasteiger partial charge is 0.340 e. The molecule has 6 nitrogen and oxygen atoms in total. The number of furan rings is 1. The number of carbonyl (C=O) groups is 1. The van der Waals surface area contributed by atoms with Crippen molar-refractivity contribution >= 4 is 11.8 Å². The average molecular weight is 337 g/mol. The summed E-state index contributed by atoms with van der Waals surface area (Å²) >= 11 is 0. The maximum Gasteiger partial charge on any atom is 0.340 e. The van der Waals surface area contributed by atoms with E-state index in [1.165, 1.54) is 6.20 Å². The van der Waals surface area contributed by atoms with Gasteiger partial charge in [0.05, 0.1) is 18.4 Å². The molecule has 0 fully saturated rings. The van der Waals surface area contributed by atoms with Gasteiger partial charge in [-0.15, -0.1) is 0 Å². The number of ether oxygens (including phenoxy) is 1. The molecule has 0 amide bonds. The minimum absolute atomic E-state index is 0.306. The van der Waals surface area contributed by atoms with Crippen LogP contribution in [0.4, 0.5) is 5.82 Å². The highest BCUT2D eigenvalue weighted by Gasteiger charge is 2.17. The summed E-state index contributed by atoms with van der Waals surface area (Å²) in [6.07, 6.45) is 5.63. The molecule has 0 aliphatic rings. The van der Waals surface area contributed by atoms with E-state index in [1.54, 1.807) is 37.6 Å². The van der Waals surface area contributed by atoms with Crippen LogP contribution in [0.15, 0.2) is 59.5 Å². The third kappa shape index (κ3) is 4.23. The second-order valence-corrected chi connectivity index (χ2v) is 5.31. The van der Waals surface area contributed by atoms with Crippen molar-refractivity contribution in [2.75, 3.05) is 18.5 Å². The molecule has 0 aliphatic heterocycles. The Hall–Kier alpha value is -3.15. The van der Waals surface area contributed by atoms with E-state index in [1.807, 2.05) is 18.2 Å². The topological polar surface area (TPSA) is 77.2 Å². The molecule has 0 unspecified atom stereocenters. The summed E-state index contributed by atoms with van der Waals surface area (Å²) in [4.78, 5) is 20.7. The Morgan fingerprint density at radius 2 is 2.16 bits per heavy atom. The molecule has 0 aliphatic carbocycles. The Morgan fingerprint density at radius 1 is 1.24 bits per heavy atom. The van der Waals surface area contributed by atoms with Crippen LogP contribution in [0.5, 0.6) is 0 Å². The first-order valence-corrected chi connectivity index (χ1v) is 8.12. The third-order valence-electron chi connectivity index (χ3n) is 3.60. The molecule has 3 heterocycles. The largest absolute Gasteiger partial charge is 0.464 e. The summed E-state index contributed by atoms with van der Waals surface area (Å²) in [7, 11) is 0. The number of pyridine rings is 2. The fourth-order valence-corrected chi connectivity index (χ4v) is 2.42. The Bertz CT molecular complexity index is 817. The van der Waals surface area contributed by atoms with Gasteiger partial charge < -0.3 is 14.5 Å². The molecule has 0 saturated carbocycles. The lowest BCUT2D eigenvalue weighted by Gasteiger charge is -2.10. The van der Waals surface area contributed by atoms with Crippen LogP contribution < -0.4 is 5.32 Å². The maximum atomic E-state index is 12.1. The Morgan fingerprint density at radius 3 is 2.88 bits per heavy atom. The number of rotatable bonds is 7. The van der Waals surface area contributed by atoms with E-state index in [0.29, 0.717) is 35.9 Å². The fourth-order valence-electron chi connectivity index (χ4n) is 2.42. The highest BCUT2D eigenvalue weighted by atomic mass is 16.5. The van der Waals surface area contributed by atoms with Gasteiger partial charge in [-0.25, -0.2) is 9.78 Å². The van der Waals surface area contributed by atoms with Gasteiger partial charge in [0.2, 0.25) is 0 Å². The van der Waals surface area contributed by atoms with Crippen molar-refractivity contribution in [2.24, 2.45) is 0 Å². The molecule has 25 heavy (non-hydrogen) atoms. The van der Waals surface area contributed by atoms with E-state index in [9.17, 15) is 4.79 Å². The zero-order chi connectivity index (χ0) is 17.5. The van der Waals surface area contributed by atoms with Gasteiger partial charge in [0.15, 0.2) is 0 Å². The number of nitrogens with one attached hydrogen (secondary N) is 1. The highest BCUT2D eigenvalue weighted by Crippen LogP contribution is 2.26. The Labute approximate surface area is 145 Å². The molecule has 0 radical (unpaired) electrons. The number of anilines is 1. The molecule has 128 valence electrons. The summed E-state index contributed by atoms with van der Waals surface area (Å²) in [5.41, 5.74) is 2.04. The first-order chi connectivity index (χ1) is 12.3. The lowest BCUT2D eigenvalue weighted by Crippen LogP contribution is -2.10. The molecule has 6 heteroatoms. The van der Waals surface area contributed by atoms with E-state index >= 15 is 0 Å². The number of esters is 1. The Kier molecular flexibility index (Phi) is 5.41. The van der Waals surface area contributed by atoms with Gasteiger partial charge >= 0.3 is 5.97 Å². The molecular formula is C19H19N3O3. The molecular weight excluding hydrogens is 318 g/mol. The molecule has 3 aromatic heterocycles. The third-order valence-corrected chi connectivity index (χ3v) is 3.60. The van der Waals surface area contributed by atoms with Crippen molar-refractivity contribution < 1.29 is 13.9 Å². The summed E-state index contributed by atoms with van der Waals surface area (Å²) in [6, 6.07) is 11.2. The van der Waals surface area contributed by atoms with Crippen LogP contribution in [0.25, 0.3) is 11.3 Å². The number of aromatic nitrogens is 2. The lowest BCUT2D eigenvalue weighted by molar-refractivity contribution is 0.0526. The van der Waals surface area contributed by atoms with Gasteiger partial charge in [0.1, 0.15) is 11.6 Å².